The number of benzene rings is 6. The Labute approximate surface area is 552 Å². The highest BCUT2D eigenvalue weighted by Crippen LogP contribution is 2.25. The first kappa shape index (κ1) is 73.5. The molecule has 0 radical (unpaired) electrons. The minimum Gasteiger partial charge on any atom is -0.466 e. The number of aromatic nitrogens is 6. The standard InChI is InChI=1S/2C12H11ClN2O.C12H12N2O.2C11H12N2O.C7H10N2.C6H10O3/c2*1-8-3-5-10(6-4-8)15-12(13)11(7-16)9(2)14-15;1-9-3-5-12(6-4-9)14-7-11(8-15)10(2)13-14;2*1-8-3-5-10(6-4-8)13-11(14)7-9(2)12-13;1-6-2-4-7(9-8)5-3-6;1-3-9-6(8)4-5(2)7/h2*3-7H,1-2H3;3-8H,1-2H3;2*3-6H,7H2,1-2H3;2-5,9H,8H2,1H3;3-4H2,1-2H3. The van der Waals surface area contributed by atoms with Crippen LogP contribution in [-0.4, -0.2) is 89.8 Å². The number of nitrogens with one attached hydrogen (secondary N) is 1. The fourth-order valence-electron chi connectivity index (χ4n) is 8.37. The zero-order valence-corrected chi connectivity index (χ0v) is 56.1. The third-order valence-corrected chi connectivity index (χ3v) is 14.3. The fourth-order valence-corrected chi connectivity index (χ4v) is 9.01. The minimum absolute atomic E-state index is 0.0475. The zero-order valence-electron chi connectivity index (χ0n) is 54.6. The van der Waals surface area contributed by atoms with E-state index in [0.717, 1.165) is 70.1 Å². The maximum absolute atomic E-state index is 11.5. The third-order valence-electron chi connectivity index (χ3n) is 13.6. The Hall–Kier alpha value is -10.3. The number of ketones is 1. The Morgan fingerprint density at radius 3 is 1.10 bits per heavy atom. The van der Waals surface area contributed by atoms with E-state index in [9.17, 15) is 33.6 Å². The molecule has 3 N–H and O–H groups in total. The maximum Gasteiger partial charge on any atom is 0.313 e. The summed E-state index contributed by atoms with van der Waals surface area (Å²) in [5.74, 6) is 4.65. The Bertz CT molecular complexity index is 3880. The van der Waals surface area contributed by atoms with E-state index in [4.69, 9.17) is 29.0 Å². The molecule has 0 unspecified atom stereocenters. The number of nitrogen functional groups attached to an aromatic ring is 1. The van der Waals surface area contributed by atoms with Gasteiger partial charge in [-0.25, -0.2) is 24.1 Å². The number of hydrazone groups is 2. The number of ether oxygens (including phenoxy) is 1. The lowest BCUT2D eigenvalue weighted by atomic mass is 10.2. The van der Waals surface area contributed by atoms with Crippen LogP contribution < -0.4 is 21.3 Å². The number of rotatable bonds is 12. The van der Waals surface area contributed by atoms with Crippen LogP contribution in [0.5, 0.6) is 0 Å². The van der Waals surface area contributed by atoms with Gasteiger partial charge in [-0.1, -0.05) is 129 Å². The molecule has 0 spiro atoms. The Balaban J connectivity index is 0.000000199. The molecule has 0 bridgehead atoms. The van der Waals surface area contributed by atoms with E-state index in [2.05, 4.69) is 35.7 Å². The molecule has 0 saturated heterocycles. The number of nitrogens with two attached hydrogens (primary N) is 1. The van der Waals surface area contributed by atoms with E-state index in [-0.39, 0.29) is 24.0 Å². The summed E-state index contributed by atoms with van der Waals surface area (Å²) in [6.45, 7) is 24.6. The number of hydrazine groups is 1. The third kappa shape index (κ3) is 22.3. The molecule has 5 heterocycles. The first-order chi connectivity index (χ1) is 44.3. The summed E-state index contributed by atoms with van der Waals surface area (Å²) in [6, 6.07) is 47.0. The van der Waals surface area contributed by atoms with Gasteiger partial charge in [0.2, 0.25) is 0 Å². The first-order valence-corrected chi connectivity index (χ1v) is 30.2. The van der Waals surface area contributed by atoms with Crippen molar-refractivity contribution in [2.24, 2.45) is 16.0 Å². The second-order valence-electron chi connectivity index (χ2n) is 21.7. The van der Waals surface area contributed by atoms with Crippen molar-refractivity contribution in [2.45, 2.75) is 109 Å². The Morgan fingerprint density at radius 2 is 0.828 bits per heavy atom. The van der Waals surface area contributed by atoms with Crippen LogP contribution in [-0.2, 0) is 23.9 Å². The first-order valence-electron chi connectivity index (χ1n) is 29.5. The largest absolute Gasteiger partial charge is 0.466 e. The molecule has 11 rings (SSSR count). The van der Waals surface area contributed by atoms with Crippen LogP contribution in [0, 0.1) is 62.3 Å². The lowest BCUT2D eigenvalue weighted by Gasteiger charge is -2.11. The van der Waals surface area contributed by atoms with Gasteiger partial charge in [-0.05, 0) is 163 Å². The SMILES string of the molecule is CC1=NN(c2ccc(C)cc2)C(=O)C1.CC1=NN(c2ccc(C)cc2)C(=O)C1.CCOC(=O)CC(C)=O.Cc1ccc(-n2cc(C=O)c(C)n2)cc1.Cc1ccc(-n2nc(C)c(C=O)c2Cl)cc1.Cc1ccc(-n2nc(C)c(C=O)c2Cl)cc1.Cc1ccc(NN)cc1. The van der Waals surface area contributed by atoms with E-state index in [0.29, 0.717) is 57.8 Å². The van der Waals surface area contributed by atoms with Crippen molar-refractivity contribution in [1.29, 1.82) is 0 Å². The van der Waals surface area contributed by atoms with E-state index >= 15 is 0 Å². The van der Waals surface area contributed by atoms with Crippen LogP contribution >= 0.6 is 23.2 Å². The van der Waals surface area contributed by atoms with E-state index in [1.54, 1.807) is 41.0 Å². The summed E-state index contributed by atoms with van der Waals surface area (Å²) in [5.41, 5.74) is 20.3. The van der Waals surface area contributed by atoms with Crippen LogP contribution in [0.4, 0.5) is 17.1 Å². The molecule has 22 heteroatoms. The predicted octanol–water partition coefficient (Wildman–Crippen LogP) is 14.2. The molecule has 2 amide bonds. The summed E-state index contributed by atoms with van der Waals surface area (Å²) >= 11 is 12.1. The van der Waals surface area contributed by atoms with Crippen molar-refractivity contribution in [1.82, 2.24) is 29.3 Å². The number of aldehydes is 3. The number of hydrogen-bond donors (Lipinski definition) is 2. The normalized spacial score (nSPS) is 11.8. The lowest BCUT2D eigenvalue weighted by molar-refractivity contribution is -0.145. The Morgan fingerprint density at radius 1 is 0.495 bits per heavy atom. The summed E-state index contributed by atoms with van der Waals surface area (Å²) in [7, 11) is 0. The molecular weight excluding hydrogens is 1220 g/mol. The molecule has 6 aromatic carbocycles. The molecule has 0 fully saturated rings. The van der Waals surface area contributed by atoms with Gasteiger partial charge in [0.25, 0.3) is 11.8 Å². The van der Waals surface area contributed by atoms with Crippen LogP contribution in [0.15, 0.2) is 162 Å². The van der Waals surface area contributed by atoms with Gasteiger partial charge < -0.3 is 10.2 Å². The lowest BCUT2D eigenvalue weighted by Crippen LogP contribution is -2.19. The number of nitrogens with zero attached hydrogens (tertiary/aromatic N) is 10. The molecule has 93 heavy (non-hydrogen) atoms. The highest BCUT2D eigenvalue weighted by Gasteiger charge is 2.23. The molecule has 2 aliphatic heterocycles. The van der Waals surface area contributed by atoms with Gasteiger partial charge in [0.15, 0.2) is 18.9 Å². The van der Waals surface area contributed by atoms with Crippen LogP contribution in [0.1, 0.15) is 128 Å². The van der Waals surface area contributed by atoms with Crippen molar-refractivity contribution in [3.8, 4) is 17.1 Å². The van der Waals surface area contributed by atoms with E-state index < -0.39 is 5.97 Å². The molecule has 0 aliphatic carbocycles. The maximum atomic E-state index is 11.5. The molecule has 484 valence electrons. The average Bonchev–Trinajstić information content (AvgIpc) is 1.71. The summed E-state index contributed by atoms with van der Waals surface area (Å²) < 4.78 is 9.35. The van der Waals surface area contributed by atoms with Gasteiger partial charge in [-0.15, -0.1) is 0 Å². The fraction of sp³-hybridized carbons (Fsp3) is 0.239. The second kappa shape index (κ2) is 35.9. The molecule has 0 saturated carbocycles. The van der Waals surface area contributed by atoms with Crippen molar-refractivity contribution in [2.75, 3.05) is 22.1 Å². The predicted molar refractivity (Wildman–Crippen MR) is 369 cm³/mol. The van der Waals surface area contributed by atoms with Crippen molar-refractivity contribution in [3.63, 3.8) is 0 Å². The van der Waals surface area contributed by atoms with Crippen LogP contribution in [0.3, 0.4) is 0 Å². The molecule has 9 aromatic rings. The monoisotopic (exact) mass is 1300 g/mol. The van der Waals surface area contributed by atoms with Gasteiger partial charge in [-0.2, -0.15) is 25.5 Å². The zero-order chi connectivity index (χ0) is 68.5. The molecule has 3 aromatic heterocycles. The van der Waals surface area contributed by atoms with Crippen molar-refractivity contribution < 1.29 is 38.3 Å². The van der Waals surface area contributed by atoms with E-state index in [1.807, 2.05) is 208 Å². The number of anilines is 3. The summed E-state index contributed by atoms with van der Waals surface area (Å²) in [5, 5.41) is 24.7. The number of carbonyl (C=O) groups excluding carboxylic acids is 7. The van der Waals surface area contributed by atoms with Crippen LogP contribution in [0.25, 0.3) is 17.1 Å². The minimum atomic E-state index is -0.440. The number of aryl methyl sites for hydroxylation is 9. The van der Waals surface area contributed by atoms with E-state index in [1.165, 1.54) is 50.3 Å². The second-order valence-corrected chi connectivity index (χ2v) is 22.4. The quantitative estimate of drug-likeness (QED) is 0.0380. The number of amides is 2. The summed E-state index contributed by atoms with van der Waals surface area (Å²) in [6.07, 6.45) is 4.81. The highest BCUT2D eigenvalue weighted by molar-refractivity contribution is 6.32. The number of halogens is 2. The van der Waals surface area contributed by atoms with Gasteiger partial charge in [0.1, 0.15) is 22.5 Å². The number of esters is 1. The molecule has 20 nitrogen and oxygen atoms in total. The van der Waals surface area contributed by atoms with Gasteiger partial charge in [0.05, 0.1) is 81.7 Å². The smallest absolute Gasteiger partial charge is 0.313 e. The topological polar surface area (TPSA) is 251 Å². The van der Waals surface area contributed by atoms with Crippen LogP contribution in [0.2, 0.25) is 10.3 Å². The molecular formula is C71H78Cl2N12O8. The van der Waals surface area contributed by atoms with Crippen molar-refractivity contribution >= 4 is 94.1 Å². The number of hydrogen-bond acceptors (Lipinski definition) is 15. The molecule has 0 atom stereocenters. The van der Waals surface area contributed by atoms with Gasteiger partial charge in [-0.3, -0.25) is 39.4 Å². The highest BCUT2D eigenvalue weighted by atomic mass is 35.5. The number of Topliss-reactive ketones (excluding diaryl/α,β-unsaturated/α-hetero) is 1. The summed E-state index contributed by atoms with van der Waals surface area (Å²) in [4.78, 5) is 75.9. The Kier molecular flexibility index (Phi) is 28.4. The van der Waals surface area contributed by atoms with Gasteiger partial charge >= 0.3 is 5.97 Å². The van der Waals surface area contributed by atoms with Gasteiger partial charge in [0, 0.05) is 23.3 Å². The average molecular weight is 1300 g/mol. The molecule has 2 aliphatic rings. The number of carbonyl (C=O) groups is 7. The van der Waals surface area contributed by atoms with Crippen molar-refractivity contribution in [3.05, 3.63) is 229 Å².